The Morgan fingerprint density at radius 1 is 1.03 bits per heavy atom. The predicted octanol–water partition coefficient (Wildman–Crippen LogP) is 2.29. The largest absolute Gasteiger partial charge is 0.462 e. The summed E-state index contributed by atoms with van der Waals surface area (Å²) in [5.74, 6) is -1.57. The molecule has 32 heavy (non-hydrogen) atoms. The second-order valence-electron chi connectivity index (χ2n) is 6.88. The molecule has 0 spiro atoms. The molecule has 0 radical (unpaired) electrons. The van der Waals surface area contributed by atoms with E-state index in [9.17, 15) is 19.2 Å². The van der Waals surface area contributed by atoms with Gasteiger partial charge in [0, 0.05) is 26.2 Å². The molecule has 11 heteroatoms. The van der Waals surface area contributed by atoms with Crippen molar-refractivity contribution in [3.63, 3.8) is 0 Å². The summed E-state index contributed by atoms with van der Waals surface area (Å²) < 4.78 is 15.2. The summed E-state index contributed by atoms with van der Waals surface area (Å²) in [6, 6.07) is 0. The van der Waals surface area contributed by atoms with Crippen LogP contribution in [-0.4, -0.2) is 86.3 Å². The molecule has 1 aromatic rings. The van der Waals surface area contributed by atoms with Gasteiger partial charge < -0.3 is 24.4 Å². The normalized spacial score (nSPS) is 13.9. The van der Waals surface area contributed by atoms with E-state index in [0.717, 1.165) is 11.3 Å². The van der Waals surface area contributed by atoms with E-state index in [1.165, 1.54) is 6.08 Å². The summed E-state index contributed by atoms with van der Waals surface area (Å²) in [7, 11) is 0. The molecular weight excluding hydrogens is 438 g/mol. The van der Waals surface area contributed by atoms with Crippen molar-refractivity contribution >= 4 is 40.3 Å². The molecule has 0 unspecified atom stereocenters. The second-order valence-corrected chi connectivity index (χ2v) is 7.90. The van der Waals surface area contributed by atoms with Gasteiger partial charge in [-0.15, -0.1) is 11.3 Å². The minimum Gasteiger partial charge on any atom is -0.462 e. The summed E-state index contributed by atoms with van der Waals surface area (Å²) in [5, 5.41) is 2.97. The van der Waals surface area contributed by atoms with Crippen LogP contribution < -0.4 is 5.32 Å². The minimum absolute atomic E-state index is 0.0321. The quantitative estimate of drug-likeness (QED) is 0.334. The van der Waals surface area contributed by atoms with Gasteiger partial charge in [-0.2, -0.15) is 0 Å². The molecule has 2 heterocycles. The van der Waals surface area contributed by atoms with E-state index in [4.69, 9.17) is 14.2 Å². The number of thiophene rings is 1. The van der Waals surface area contributed by atoms with Gasteiger partial charge in [0.2, 0.25) is 5.91 Å². The Morgan fingerprint density at radius 2 is 1.69 bits per heavy atom. The zero-order chi connectivity index (χ0) is 23.7. The van der Waals surface area contributed by atoms with Crippen LogP contribution >= 0.6 is 11.3 Å². The summed E-state index contributed by atoms with van der Waals surface area (Å²) in [6.07, 6.45) is 1.08. The first kappa shape index (κ1) is 25.3. The number of ether oxygens (including phenoxy) is 3. The minimum atomic E-state index is -0.623. The van der Waals surface area contributed by atoms with Crippen molar-refractivity contribution in [1.29, 1.82) is 0 Å². The van der Waals surface area contributed by atoms with Crippen molar-refractivity contribution in [2.75, 3.05) is 57.9 Å². The Morgan fingerprint density at radius 3 is 2.28 bits per heavy atom. The van der Waals surface area contributed by atoms with Gasteiger partial charge in [-0.05, 0) is 26.3 Å². The average molecular weight is 468 g/mol. The maximum atomic E-state index is 12.7. The molecule has 0 aliphatic carbocycles. The molecule has 0 atom stereocenters. The number of piperazine rings is 1. The number of hydrogen-bond acceptors (Lipinski definition) is 9. The molecule has 2 rings (SSSR count). The molecule has 1 saturated heterocycles. The average Bonchev–Trinajstić information content (AvgIpc) is 3.08. The molecule has 0 bridgehead atoms. The lowest BCUT2D eigenvalue weighted by Gasteiger charge is -2.33. The lowest BCUT2D eigenvalue weighted by atomic mass is 10.1. The van der Waals surface area contributed by atoms with Crippen LogP contribution in [0.3, 0.4) is 0 Å². The molecule has 2 amide bonds. The number of carbonyl (C=O) groups excluding carboxylic acids is 4. The predicted molar refractivity (Wildman–Crippen MR) is 119 cm³/mol. The van der Waals surface area contributed by atoms with Gasteiger partial charge in [-0.1, -0.05) is 12.7 Å². The first-order chi connectivity index (χ1) is 15.3. The number of rotatable bonds is 9. The highest BCUT2D eigenvalue weighted by atomic mass is 32.1. The van der Waals surface area contributed by atoms with Crippen LogP contribution in [0, 0.1) is 6.92 Å². The van der Waals surface area contributed by atoms with Crippen molar-refractivity contribution < 1.29 is 33.4 Å². The van der Waals surface area contributed by atoms with Crippen molar-refractivity contribution in [3.05, 3.63) is 28.7 Å². The number of amides is 2. The molecule has 1 aliphatic rings. The highest BCUT2D eigenvalue weighted by Crippen LogP contribution is 2.34. The Labute approximate surface area is 191 Å². The van der Waals surface area contributed by atoms with Gasteiger partial charge in [-0.25, -0.2) is 14.4 Å². The maximum absolute atomic E-state index is 12.7. The smallest absolute Gasteiger partial charge is 0.409 e. The van der Waals surface area contributed by atoms with Gasteiger partial charge in [0.15, 0.2) is 0 Å². The maximum Gasteiger partial charge on any atom is 0.409 e. The van der Waals surface area contributed by atoms with Crippen LogP contribution in [0.4, 0.5) is 9.80 Å². The Balaban J connectivity index is 2.07. The zero-order valence-electron chi connectivity index (χ0n) is 18.6. The van der Waals surface area contributed by atoms with Crippen LogP contribution in [0.25, 0.3) is 0 Å². The molecule has 1 aliphatic heterocycles. The molecule has 0 aromatic carbocycles. The van der Waals surface area contributed by atoms with Crippen LogP contribution in [0.2, 0.25) is 0 Å². The number of nitrogens with zero attached hydrogens (tertiary/aromatic N) is 2. The van der Waals surface area contributed by atoms with Gasteiger partial charge in [0.05, 0.1) is 25.3 Å². The standard InChI is InChI=1S/C21H29N3O7S/c1-5-12-31-20(27)17-14(4)16(19(26)29-6-2)18(32-17)22-15(25)13-23-8-10-24(11-9-23)21(28)30-7-3/h5H,1,6-13H2,2-4H3,(H,22,25). The molecule has 10 nitrogen and oxygen atoms in total. The lowest BCUT2D eigenvalue weighted by molar-refractivity contribution is -0.117. The second kappa shape index (κ2) is 12.2. The lowest BCUT2D eigenvalue weighted by Crippen LogP contribution is -2.50. The number of hydrogen-bond donors (Lipinski definition) is 1. The molecule has 1 aromatic heterocycles. The number of nitrogens with one attached hydrogen (secondary N) is 1. The SMILES string of the molecule is C=CCOC(=O)c1sc(NC(=O)CN2CCN(C(=O)OCC)CC2)c(C(=O)OCC)c1C. The highest BCUT2D eigenvalue weighted by molar-refractivity contribution is 7.18. The van der Waals surface area contributed by atoms with E-state index in [-0.39, 0.29) is 47.2 Å². The van der Waals surface area contributed by atoms with Gasteiger partial charge >= 0.3 is 18.0 Å². The first-order valence-corrected chi connectivity index (χ1v) is 11.2. The zero-order valence-corrected chi connectivity index (χ0v) is 19.4. The van der Waals surface area contributed by atoms with Crippen LogP contribution in [0.1, 0.15) is 39.4 Å². The first-order valence-electron chi connectivity index (χ1n) is 10.3. The van der Waals surface area contributed by atoms with E-state index < -0.39 is 11.9 Å². The van der Waals surface area contributed by atoms with Gasteiger partial charge in [0.1, 0.15) is 16.5 Å². The van der Waals surface area contributed by atoms with Crippen molar-refractivity contribution in [3.8, 4) is 0 Å². The van der Waals surface area contributed by atoms with Crippen LogP contribution in [-0.2, 0) is 19.0 Å². The monoisotopic (exact) mass is 467 g/mol. The fraction of sp³-hybridized carbons (Fsp3) is 0.524. The number of anilines is 1. The molecule has 1 fully saturated rings. The van der Waals surface area contributed by atoms with Crippen molar-refractivity contribution in [1.82, 2.24) is 9.80 Å². The Hall–Kier alpha value is -2.92. The van der Waals surface area contributed by atoms with Crippen molar-refractivity contribution in [2.24, 2.45) is 0 Å². The number of carbonyl (C=O) groups is 4. The fourth-order valence-corrected chi connectivity index (χ4v) is 4.22. The summed E-state index contributed by atoms with van der Waals surface area (Å²) in [6.45, 7) is 11.1. The molecule has 176 valence electrons. The number of esters is 2. The van der Waals surface area contributed by atoms with E-state index in [0.29, 0.717) is 38.3 Å². The topological polar surface area (TPSA) is 114 Å². The third kappa shape index (κ3) is 6.54. The van der Waals surface area contributed by atoms with E-state index in [2.05, 4.69) is 11.9 Å². The molecule has 0 saturated carbocycles. The summed E-state index contributed by atoms with van der Waals surface area (Å²) >= 11 is 0.969. The molecule has 1 N–H and O–H groups in total. The fourth-order valence-electron chi connectivity index (χ4n) is 3.12. The highest BCUT2D eigenvalue weighted by Gasteiger charge is 2.28. The third-order valence-electron chi connectivity index (χ3n) is 4.66. The Bertz CT molecular complexity index is 860. The van der Waals surface area contributed by atoms with E-state index >= 15 is 0 Å². The van der Waals surface area contributed by atoms with Crippen LogP contribution in [0.15, 0.2) is 12.7 Å². The van der Waals surface area contributed by atoms with Gasteiger partial charge in [0.25, 0.3) is 0 Å². The van der Waals surface area contributed by atoms with E-state index in [1.807, 2.05) is 4.90 Å². The third-order valence-corrected chi connectivity index (χ3v) is 5.85. The van der Waals surface area contributed by atoms with Crippen molar-refractivity contribution in [2.45, 2.75) is 20.8 Å². The summed E-state index contributed by atoms with van der Waals surface area (Å²) in [4.78, 5) is 53.0. The Kier molecular flexibility index (Phi) is 9.66. The molecular formula is C21H29N3O7S. The van der Waals surface area contributed by atoms with E-state index in [1.54, 1.807) is 25.7 Å². The van der Waals surface area contributed by atoms with Crippen LogP contribution in [0.5, 0.6) is 0 Å². The summed E-state index contributed by atoms with van der Waals surface area (Å²) in [5.41, 5.74) is 0.531. The van der Waals surface area contributed by atoms with Gasteiger partial charge in [-0.3, -0.25) is 9.69 Å².